The van der Waals surface area contributed by atoms with E-state index in [0.29, 0.717) is 19.8 Å². The Morgan fingerprint density at radius 3 is 3.05 bits per heavy atom. The lowest BCUT2D eigenvalue weighted by molar-refractivity contribution is -0.139. The topological polar surface area (TPSA) is 66.8 Å². The molecule has 1 aliphatic rings. The van der Waals surface area contributed by atoms with Gasteiger partial charge in [-0.05, 0) is 23.4 Å². The number of hydrogen-bond acceptors (Lipinski definition) is 4. The molecule has 1 aromatic rings. The van der Waals surface area contributed by atoms with Crippen molar-refractivity contribution in [1.82, 2.24) is 4.90 Å². The number of carbonyl (C=O) groups excluding carboxylic acids is 1. The van der Waals surface area contributed by atoms with Crippen LogP contribution in [0.15, 0.2) is 11.4 Å². The number of morpholine rings is 1. The van der Waals surface area contributed by atoms with E-state index in [2.05, 4.69) is 0 Å². The van der Waals surface area contributed by atoms with Gasteiger partial charge in [-0.3, -0.25) is 9.59 Å². The van der Waals surface area contributed by atoms with Crippen molar-refractivity contribution in [2.75, 3.05) is 19.8 Å². The monoisotopic (exact) mass is 283 g/mol. The number of aliphatic carboxylic acids is 1. The Morgan fingerprint density at radius 1 is 1.58 bits per heavy atom. The van der Waals surface area contributed by atoms with Crippen LogP contribution in [0, 0.1) is 0 Å². The van der Waals surface area contributed by atoms with Gasteiger partial charge in [-0.1, -0.05) is 6.92 Å². The van der Waals surface area contributed by atoms with Crippen molar-refractivity contribution in [3.63, 3.8) is 0 Å². The smallest absolute Gasteiger partial charge is 0.305 e. The minimum atomic E-state index is -0.907. The fraction of sp³-hybridized carbons (Fsp3) is 0.538. The fourth-order valence-corrected chi connectivity index (χ4v) is 3.18. The van der Waals surface area contributed by atoms with Gasteiger partial charge in [-0.25, -0.2) is 0 Å². The van der Waals surface area contributed by atoms with Crippen LogP contribution in [-0.4, -0.2) is 47.7 Å². The summed E-state index contributed by atoms with van der Waals surface area (Å²) in [5.41, 5.74) is 1.02. The van der Waals surface area contributed by atoms with E-state index in [0.717, 1.165) is 16.9 Å². The van der Waals surface area contributed by atoms with Crippen molar-refractivity contribution in [1.29, 1.82) is 0 Å². The summed E-state index contributed by atoms with van der Waals surface area (Å²) in [6.07, 6.45) is 0.733. The van der Waals surface area contributed by atoms with Gasteiger partial charge >= 0.3 is 5.97 Å². The van der Waals surface area contributed by atoms with Crippen molar-refractivity contribution in [3.05, 3.63) is 21.9 Å². The molecule has 1 aromatic heterocycles. The molecule has 0 saturated carbocycles. The van der Waals surface area contributed by atoms with Gasteiger partial charge in [0.25, 0.3) is 5.91 Å². The minimum Gasteiger partial charge on any atom is -0.481 e. The van der Waals surface area contributed by atoms with Crippen LogP contribution in [0.5, 0.6) is 0 Å². The Labute approximate surface area is 115 Å². The second kappa shape index (κ2) is 6.16. The van der Waals surface area contributed by atoms with Crippen LogP contribution in [0.1, 0.15) is 28.6 Å². The lowest BCUT2D eigenvalue weighted by Gasteiger charge is -2.34. The normalized spacial score (nSPS) is 19.4. The van der Waals surface area contributed by atoms with Gasteiger partial charge in [0.2, 0.25) is 0 Å². The van der Waals surface area contributed by atoms with Crippen molar-refractivity contribution in [3.8, 4) is 0 Å². The summed E-state index contributed by atoms with van der Waals surface area (Å²) in [6.45, 7) is 3.23. The molecule has 1 fully saturated rings. The quantitative estimate of drug-likeness (QED) is 0.912. The highest BCUT2D eigenvalue weighted by molar-refractivity contribution is 7.12. The van der Waals surface area contributed by atoms with Gasteiger partial charge in [0.1, 0.15) is 0 Å². The second-order valence-corrected chi connectivity index (χ2v) is 5.37. The molecule has 1 atom stereocenters. The maximum atomic E-state index is 12.5. The largest absolute Gasteiger partial charge is 0.481 e. The zero-order valence-corrected chi connectivity index (χ0v) is 11.6. The van der Waals surface area contributed by atoms with E-state index in [1.54, 1.807) is 4.90 Å². The molecule has 6 heteroatoms. The Kier molecular flexibility index (Phi) is 4.55. The van der Waals surface area contributed by atoms with E-state index in [1.807, 2.05) is 18.4 Å². The van der Waals surface area contributed by atoms with Gasteiger partial charge in [0.05, 0.1) is 30.6 Å². The van der Waals surface area contributed by atoms with Gasteiger partial charge in [0.15, 0.2) is 0 Å². The number of hydrogen-bond donors (Lipinski definition) is 1. The van der Waals surface area contributed by atoms with E-state index in [4.69, 9.17) is 9.84 Å². The number of carboxylic acid groups (broad SMARTS) is 1. The summed E-state index contributed by atoms with van der Waals surface area (Å²) < 4.78 is 5.28. The standard InChI is InChI=1S/C13H17NO4S/c1-2-9-3-6-19-12(9)13(17)14-4-5-18-8-10(14)7-11(15)16/h3,6,10H,2,4-5,7-8H2,1H3,(H,15,16). The van der Waals surface area contributed by atoms with Crippen LogP contribution >= 0.6 is 11.3 Å². The predicted octanol–water partition coefficient (Wildman–Crippen LogP) is 1.63. The molecule has 1 aliphatic heterocycles. The van der Waals surface area contributed by atoms with Crippen LogP contribution in [0.2, 0.25) is 0 Å². The highest BCUT2D eigenvalue weighted by Crippen LogP contribution is 2.22. The first-order valence-electron chi connectivity index (χ1n) is 6.30. The van der Waals surface area contributed by atoms with Crippen molar-refractivity contribution >= 4 is 23.2 Å². The molecule has 0 aliphatic carbocycles. The average Bonchev–Trinajstić information content (AvgIpc) is 2.86. The summed E-state index contributed by atoms with van der Waals surface area (Å²) in [5.74, 6) is -0.975. The molecule has 5 nitrogen and oxygen atoms in total. The SMILES string of the molecule is CCc1ccsc1C(=O)N1CCOCC1CC(=O)O. The molecule has 2 heterocycles. The summed E-state index contributed by atoms with van der Waals surface area (Å²) in [4.78, 5) is 25.7. The Morgan fingerprint density at radius 2 is 2.37 bits per heavy atom. The fourth-order valence-electron chi connectivity index (χ4n) is 2.23. The van der Waals surface area contributed by atoms with Crippen molar-refractivity contribution in [2.24, 2.45) is 0 Å². The van der Waals surface area contributed by atoms with E-state index in [9.17, 15) is 9.59 Å². The molecule has 1 saturated heterocycles. The number of rotatable bonds is 4. The van der Waals surface area contributed by atoms with Crippen molar-refractivity contribution in [2.45, 2.75) is 25.8 Å². The molecule has 19 heavy (non-hydrogen) atoms. The molecule has 0 bridgehead atoms. The first kappa shape index (κ1) is 14.0. The number of carboxylic acids is 1. The molecular weight excluding hydrogens is 266 g/mol. The number of ether oxygens (including phenoxy) is 1. The molecule has 0 radical (unpaired) electrons. The number of carbonyl (C=O) groups is 2. The van der Waals surface area contributed by atoms with Gasteiger partial charge in [-0.2, -0.15) is 0 Å². The predicted molar refractivity (Wildman–Crippen MR) is 71.6 cm³/mol. The third-order valence-corrected chi connectivity index (χ3v) is 4.17. The molecule has 1 N–H and O–H groups in total. The molecule has 104 valence electrons. The van der Waals surface area contributed by atoms with Crippen LogP contribution < -0.4 is 0 Å². The zero-order chi connectivity index (χ0) is 13.8. The molecule has 0 aromatic carbocycles. The van der Waals surface area contributed by atoms with E-state index in [-0.39, 0.29) is 18.4 Å². The molecule has 1 unspecified atom stereocenters. The highest BCUT2D eigenvalue weighted by Gasteiger charge is 2.31. The van der Waals surface area contributed by atoms with E-state index >= 15 is 0 Å². The Bertz CT molecular complexity index is 471. The van der Waals surface area contributed by atoms with Crippen LogP contribution in [0.3, 0.4) is 0 Å². The average molecular weight is 283 g/mol. The zero-order valence-electron chi connectivity index (χ0n) is 10.8. The Balaban J connectivity index is 2.17. The maximum Gasteiger partial charge on any atom is 0.305 e. The lowest BCUT2D eigenvalue weighted by atomic mass is 10.1. The number of thiophene rings is 1. The van der Waals surface area contributed by atoms with Crippen LogP contribution in [-0.2, 0) is 16.0 Å². The lowest BCUT2D eigenvalue weighted by Crippen LogP contribution is -2.49. The van der Waals surface area contributed by atoms with Gasteiger partial charge < -0.3 is 14.7 Å². The highest BCUT2D eigenvalue weighted by atomic mass is 32.1. The third kappa shape index (κ3) is 3.13. The third-order valence-electron chi connectivity index (χ3n) is 3.22. The molecule has 1 amide bonds. The number of amides is 1. The molecule has 2 rings (SSSR count). The summed E-state index contributed by atoms with van der Waals surface area (Å²) in [6, 6.07) is 1.58. The number of nitrogens with zero attached hydrogens (tertiary/aromatic N) is 1. The maximum absolute atomic E-state index is 12.5. The summed E-state index contributed by atoms with van der Waals surface area (Å²) in [7, 11) is 0. The second-order valence-electron chi connectivity index (χ2n) is 4.45. The van der Waals surface area contributed by atoms with Crippen LogP contribution in [0.25, 0.3) is 0 Å². The first-order valence-corrected chi connectivity index (χ1v) is 7.18. The Hall–Kier alpha value is -1.40. The van der Waals surface area contributed by atoms with Gasteiger partial charge in [0, 0.05) is 6.54 Å². The molecular formula is C13H17NO4S. The van der Waals surface area contributed by atoms with Crippen molar-refractivity contribution < 1.29 is 19.4 Å². The van der Waals surface area contributed by atoms with Crippen LogP contribution in [0.4, 0.5) is 0 Å². The summed E-state index contributed by atoms with van der Waals surface area (Å²) in [5, 5.41) is 10.8. The minimum absolute atomic E-state index is 0.0681. The number of aryl methyl sites for hydroxylation is 1. The van der Waals surface area contributed by atoms with Gasteiger partial charge in [-0.15, -0.1) is 11.3 Å². The van der Waals surface area contributed by atoms with E-state index < -0.39 is 5.97 Å². The van der Waals surface area contributed by atoms with E-state index in [1.165, 1.54) is 11.3 Å². The first-order chi connectivity index (χ1) is 9.13. The summed E-state index contributed by atoms with van der Waals surface area (Å²) >= 11 is 1.42. The molecule has 0 spiro atoms.